The van der Waals surface area contributed by atoms with E-state index >= 15 is 0 Å². The standard InChI is InChI=1S/C14H16BrN3O2S/c1-3-16-12(19)8-11-13(20)18(2)14(21-11)17-10-6-4-9(15)5-7-10/h4-7,11H,3,8H2,1-2H3,(H,16,19). The number of amidine groups is 1. The SMILES string of the molecule is CCNC(=O)CC1SC(=Nc2ccc(Br)cc2)N(C)C1=O. The minimum atomic E-state index is -0.393. The van der Waals surface area contributed by atoms with E-state index in [-0.39, 0.29) is 18.2 Å². The zero-order valence-corrected chi connectivity index (χ0v) is 14.2. The summed E-state index contributed by atoms with van der Waals surface area (Å²) < 4.78 is 0.976. The maximum Gasteiger partial charge on any atom is 0.242 e. The second-order valence-corrected chi connectivity index (χ2v) is 6.62. The van der Waals surface area contributed by atoms with Crippen LogP contribution in [0.5, 0.6) is 0 Å². The van der Waals surface area contributed by atoms with Gasteiger partial charge in [-0.25, -0.2) is 4.99 Å². The highest BCUT2D eigenvalue weighted by atomic mass is 79.9. The fraction of sp³-hybridized carbons (Fsp3) is 0.357. The summed E-state index contributed by atoms with van der Waals surface area (Å²) in [5.41, 5.74) is 0.777. The molecule has 0 bridgehead atoms. The van der Waals surface area contributed by atoms with E-state index in [1.54, 1.807) is 7.05 Å². The van der Waals surface area contributed by atoms with Gasteiger partial charge in [-0.1, -0.05) is 27.7 Å². The Labute approximate surface area is 136 Å². The third kappa shape index (κ3) is 4.07. The first-order chi connectivity index (χ1) is 10.0. The molecule has 0 spiro atoms. The quantitative estimate of drug-likeness (QED) is 0.886. The Morgan fingerprint density at radius 1 is 1.43 bits per heavy atom. The zero-order valence-electron chi connectivity index (χ0n) is 11.8. The van der Waals surface area contributed by atoms with Gasteiger partial charge in [-0.05, 0) is 31.2 Å². The summed E-state index contributed by atoms with van der Waals surface area (Å²) in [5.74, 6) is -0.191. The number of amides is 2. The van der Waals surface area contributed by atoms with Crippen molar-refractivity contribution in [2.24, 2.45) is 4.99 Å². The topological polar surface area (TPSA) is 61.8 Å². The maximum atomic E-state index is 12.1. The monoisotopic (exact) mass is 369 g/mol. The molecule has 0 aliphatic carbocycles. The summed E-state index contributed by atoms with van der Waals surface area (Å²) in [6.07, 6.45) is 0.182. The molecule has 5 nitrogen and oxygen atoms in total. The van der Waals surface area contributed by atoms with Crippen molar-refractivity contribution in [3.8, 4) is 0 Å². The molecule has 2 amide bonds. The largest absolute Gasteiger partial charge is 0.356 e. The first kappa shape index (κ1) is 16.0. The van der Waals surface area contributed by atoms with Gasteiger partial charge in [0.1, 0.15) is 5.25 Å². The van der Waals surface area contributed by atoms with E-state index in [0.29, 0.717) is 11.7 Å². The lowest BCUT2D eigenvalue weighted by molar-refractivity contribution is -0.128. The van der Waals surface area contributed by atoms with E-state index in [4.69, 9.17) is 0 Å². The Kier molecular flexibility index (Phi) is 5.41. The van der Waals surface area contributed by atoms with E-state index < -0.39 is 5.25 Å². The second-order valence-electron chi connectivity index (χ2n) is 4.53. The smallest absolute Gasteiger partial charge is 0.242 e. The molecule has 1 aliphatic heterocycles. The van der Waals surface area contributed by atoms with Crippen LogP contribution in [0.15, 0.2) is 33.7 Å². The molecule has 0 aromatic heterocycles. The molecule has 0 saturated carbocycles. The minimum Gasteiger partial charge on any atom is -0.356 e. The molecule has 0 radical (unpaired) electrons. The van der Waals surface area contributed by atoms with E-state index in [2.05, 4.69) is 26.2 Å². The molecule has 1 aliphatic rings. The van der Waals surface area contributed by atoms with E-state index in [1.807, 2.05) is 31.2 Å². The zero-order chi connectivity index (χ0) is 15.4. The van der Waals surface area contributed by atoms with Gasteiger partial charge in [0.15, 0.2) is 5.17 Å². The summed E-state index contributed by atoms with van der Waals surface area (Å²) in [6, 6.07) is 7.53. The Bertz CT molecular complexity index is 574. The molecular formula is C14H16BrN3O2S. The number of carbonyl (C=O) groups excluding carboxylic acids is 2. The van der Waals surface area contributed by atoms with Crippen molar-refractivity contribution in [2.45, 2.75) is 18.6 Å². The van der Waals surface area contributed by atoms with E-state index in [9.17, 15) is 9.59 Å². The summed E-state index contributed by atoms with van der Waals surface area (Å²) in [4.78, 5) is 29.7. The lowest BCUT2D eigenvalue weighted by Gasteiger charge is -2.08. The predicted molar refractivity (Wildman–Crippen MR) is 88.7 cm³/mol. The maximum absolute atomic E-state index is 12.1. The first-order valence-corrected chi connectivity index (χ1v) is 8.23. The molecule has 1 heterocycles. The van der Waals surface area contributed by atoms with Crippen molar-refractivity contribution in [3.63, 3.8) is 0 Å². The van der Waals surface area contributed by atoms with Gasteiger partial charge in [0.25, 0.3) is 0 Å². The number of halogens is 1. The van der Waals surface area contributed by atoms with Crippen LogP contribution in [0.4, 0.5) is 5.69 Å². The number of aliphatic imine (C=N–C) groups is 1. The number of thioether (sulfide) groups is 1. The second kappa shape index (κ2) is 7.09. The molecule has 1 aromatic rings. The van der Waals surface area contributed by atoms with Gasteiger partial charge in [-0.2, -0.15) is 0 Å². The molecule has 1 saturated heterocycles. The third-order valence-corrected chi connectivity index (χ3v) is 4.69. The van der Waals surface area contributed by atoms with Crippen molar-refractivity contribution in [1.29, 1.82) is 0 Å². The van der Waals surface area contributed by atoms with Gasteiger partial charge in [-0.15, -0.1) is 0 Å². The lowest BCUT2D eigenvalue weighted by Crippen LogP contribution is -2.32. The summed E-state index contributed by atoms with van der Waals surface area (Å²) in [5, 5.41) is 2.94. The third-order valence-electron chi connectivity index (χ3n) is 2.94. The molecule has 1 atom stereocenters. The summed E-state index contributed by atoms with van der Waals surface area (Å²) >= 11 is 4.70. The van der Waals surface area contributed by atoms with Crippen LogP contribution in [0.25, 0.3) is 0 Å². The molecule has 1 aromatic carbocycles. The van der Waals surface area contributed by atoms with Crippen LogP contribution in [0.2, 0.25) is 0 Å². The molecular weight excluding hydrogens is 354 g/mol. The van der Waals surface area contributed by atoms with Crippen molar-refractivity contribution in [2.75, 3.05) is 13.6 Å². The highest BCUT2D eigenvalue weighted by Crippen LogP contribution is 2.30. The van der Waals surface area contributed by atoms with Crippen LogP contribution in [-0.4, -0.2) is 40.7 Å². The molecule has 1 unspecified atom stereocenters. The van der Waals surface area contributed by atoms with Crippen molar-refractivity contribution >= 4 is 50.4 Å². The van der Waals surface area contributed by atoms with E-state index in [1.165, 1.54) is 16.7 Å². The number of nitrogens with one attached hydrogen (secondary N) is 1. The highest BCUT2D eigenvalue weighted by molar-refractivity contribution is 9.10. The Morgan fingerprint density at radius 3 is 2.71 bits per heavy atom. The van der Waals surface area contributed by atoms with Crippen LogP contribution < -0.4 is 5.32 Å². The molecule has 7 heteroatoms. The summed E-state index contributed by atoms with van der Waals surface area (Å²) in [6.45, 7) is 2.42. The van der Waals surface area contributed by atoms with Gasteiger partial charge in [0, 0.05) is 24.5 Å². The summed E-state index contributed by atoms with van der Waals surface area (Å²) in [7, 11) is 1.69. The number of rotatable bonds is 4. The van der Waals surface area contributed by atoms with Gasteiger partial charge >= 0.3 is 0 Å². The lowest BCUT2D eigenvalue weighted by atomic mass is 10.2. The number of benzene rings is 1. The van der Waals surface area contributed by atoms with Crippen molar-refractivity contribution in [1.82, 2.24) is 10.2 Å². The molecule has 21 heavy (non-hydrogen) atoms. The average molecular weight is 370 g/mol. The van der Waals surface area contributed by atoms with Crippen molar-refractivity contribution in [3.05, 3.63) is 28.7 Å². The average Bonchev–Trinajstić information content (AvgIpc) is 2.70. The number of carbonyl (C=O) groups is 2. The normalized spacial score (nSPS) is 20.1. The molecule has 1 N–H and O–H groups in total. The Morgan fingerprint density at radius 2 is 2.10 bits per heavy atom. The van der Waals surface area contributed by atoms with Crippen molar-refractivity contribution < 1.29 is 9.59 Å². The van der Waals surface area contributed by atoms with Crippen LogP contribution in [-0.2, 0) is 9.59 Å². The Hall–Kier alpha value is -1.34. The van der Waals surface area contributed by atoms with Gasteiger partial charge in [0.05, 0.1) is 5.69 Å². The van der Waals surface area contributed by atoms with Crippen LogP contribution in [0.1, 0.15) is 13.3 Å². The van der Waals surface area contributed by atoms with Gasteiger partial charge < -0.3 is 5.32 Å². The van der Waals surface area contributed by atoms with Gasteiger partial charge in [0.2, 0.25) is 11.8 Å². The Balaban J connectivity index is 2.10. The molecule has 112 valence electrons. The fourth-order valence-corrected chi connectivity index (χ4v) is 3.28. The molecule has 2 rings (SSSR count). The number of hydrogen-bond donors (Lipinski definition) is 1. The van der Waals surface area contributed by atoms with Crippen LogP contribution in [0.3, 0.4) is 0 Å². The van der Waals surface area contributed by atoms with E-state index in [0.717, 1.165) is 10.2 Å². The van der Waals surface area contributed by atoms with Gasteiger partial charge in [-0.3, -0.25) is 14.5 Å². The molecule has 1 fully saturated rings. The number of nitrogens with zero attached hydrogens (tertiary/aromatic N) is 2. The first-order valence-electron chi connectivity index (χ1n) is 6.56. The fourth-order valence-electron chi connectivity index (χ4n) is 1.86. The predicted octanol–water partition coefficient (Wildman–Crippen LogP) is 2.54. The number of hydrogen-bond acceptors (Lipinski definition) is 4. The highest BCUT2D eigenvalue weighted by Gasteiger charge is 2.36. The minimum absolute atomic E-state index is 0.0814. The van der Waals surface area contributed by atoms with Crippen LogP contribution >= 0.6 is 27.7 Å². The van der Waals surface area contributed by atoms with Crippen LogP contribution in [0, 0.1) is 0 Å².